The number of hydrogen-bond donors (Lipinski definition) is 1. The van der Waals surface area contributed by atoms with Crippen molar-refractivity contribution in [3.63, 3.8) is 0 Å². The Bertz CT molecular complexity index is 176. The van der Waals surface area contributed by atoms with E-state index in [0.717, 1.165) is 24.5 Å². The molecular weight excluding hydrogens is 196 g/mol. The van der Waals surface area contributed by atoms with Gasteiger partial charge in [0.05, 0.1) is 0 Å². The van der Waals surface area contributed by atoms with Gasteiger partial charge < -0.3 is 5.32 Å². The highest BCUT2D eigenvalue weighted by Crippen LogP contribution is 2.29. The Labute approximate surface area is 102 Å². The Balaban J connectivity index is 2.32. The molecule has 96 valence electrons. The minimum atomic E-state index is 0.762. The van der Waals surface area contributed by atoms with Gasteiger partial charge in [-0.2, -0.15) is 0 Å². The van der Waals surface area contributed by atoms with Crippen molar-refractivity contribution in [3.8, 4) is 0 Å². The molecule has 0 bridgehead atoms. The van der Waals surface area contributed by atoms with E-state index in [1.54, 1.807) is 0 Å². The van der Waals surface area contributed by atoms with E-state index < -0.39 is 0 Å². The molecule has 16 heavy (non-hydrogen) atoms. The van der Waals surface area contributed by atoms with Crippen LogP contribution in [0.4, 0.5) is 0 Å². The fraction of sp³-hybridized carbons (Fsp3) is 1.00. The van der Waals surface area contributed by atoms with E-state index in [0.29, 0.717) is 0 Å². The average molecular weight is 226 g/mol. The molecule has 0 aromatic heterocycles. The van der Waals surface area contributed by atoms with Crippen LogP contribution in [0, 0.1) is 5.92 Å². The lowest BCUT2D eigenvalue weighted by molar-refractivity contribution is 0.179. The maximum atomic E-state index is 3.63. The normalized spacial score (nSPS) is 18.4. The molecule has 0 radical (unpaired) electrons. The molecule has 1 N–H and O–H groups in total. The molecule has 1 rings (SSSR count). The maximum Gasteiger partial charge on any atom is 0.0223 e. The number of likely N-dealkylation sites (N-methyl/N-ethyl adjacent to an activating group) is 1. The fourth-order valence-corrected chi connectivity index (χ4v) is 2.48. The first-order valence-electron chi connectivity index (χ1n) is 7.15. The lowest BCUT2D eigenvalue weighted by Gasteiger charge is -2.31. The van der Waals surface area contributed by atoms with Crippen molar-refractivity contribution in [2.24, 2.45) is 5.92 Å². The lowest BCUT2D eigenvalue weighted by atomic mass is 10.1. The van der Waals surface area contributed by atoms with Gasteiger partial charge in [-0.3, -0.25) is 4.90 Å². The summed E-state index contributed by atoms with van der Waals surface area (Å²) < 4.78 is 0. The number of nitrogens with one attached hydrogen (secondary N) is 1. The first-order chi connectivity index (χ1) is 7.69. The minimum absolute atomic E-state index is 0.762. The van der Waals surface area contributed by atoms with Crippen LogP contribution in [0.1, 0.15) is 53.4 Å². The summed E-state index contributed by atoms with van der Waals surface area (Å²) in [5, 5.41) is 3.63. The van der Waals surface area contributed by atoms with Crippen LogP contribution in [0.5, 0.6) is 0 Å². The van der Waals surface area contributed by atoms with E-state index in [1.165, 1.54) is 38.8 Å². The van der Waals surface area contributed by atoms with Crippen molar-refractivity contribution in [2.45, 2.75) is 65.5 Å². The van der Waals surface area contributed by atoms with Gasteiger partial charge in [-0.1, -0.05) is 34.1 Å². The zero-order valence-electron chi connectivity index (χ0n) is 11.6. The molecule has 1 fully saturated rings. The third kappa shape index (κ3) is 4.84. The van der Waals surface area contributed by atoms with Gasteiger partial charge >= 0.3 is 0 Å². The standard InChI is InChI=1S/C14H30N2/c1-5-7-14(11-15-10-12(3)4)16(6-2)13-8-9-13/h12-15H,5-11H2,1-4H3. The van der Waals surface area contributed by atoms with Gasteiger partial charge in [-0.05, 0) is 38.3 Å². The second-order valence-electron chi connectivity index (χ2n) is 5.56. The number of hydrogen-bond acceptors (Lipinski definition) is 2. The highest BCUT2D eigenvalue weighted by atomic mass is 15.2. The minimum Gasteiger partial charge on any atom is -0.315 e. The lowest BCUT2D eigenvalue weighted by Crippen LogP contribution is -2.44. The van der Waals surface area contributed by atoms with Gasteiger partial charge in [0.15, 0.2) is 0 Å². The van der Waals surface area contributed by atoms with E-state index in [-0.39, 0.29) is 0 Å². The second kappa shape index (κ2) is 7.29. The molecule has 1 unspecified atom stereocenters. The Kier molecular flexibility index (Phi) is 6.37. The van der Waals surface area contributed by atoms with Crippen LogP contribution in [-0.4, -0.2) is 36.6 Å². The van der Waals surface area contributed by atoms with Crippen molar-refractivity contribution < 1.29 is 0 Å². The van der Waals surface area contributed by atoms with Gasteiger partial charge in [0.25, 0.3) is 0 Å². The summed E-state index contributed by atoms with van der Waals surface area (Å²) in [5.41, 5.74) is 0. The molecule has 0 aliphatic heterocycles. The van der Waals surface area contributed by atoms with Crippen molar-refractivity contribution in [2.75, 3.05) is 19.6 Å². The first kappa shape index (κ1) is 14.0. The smallest absolute Gasteiger partial charge is 0.0223 e. The zero-order chi connectivity index (χ0) is 12.0. The molecule has 0 spiro atoms. The van der Waals surface area contributed by atoms with Crippen molar-refractivity contribution in [1.82, 2.24) is 10.2 Å². The van der Waals surface area contributed by atoms with E-state index in [9.17, 15) is 0 Å². The van der Waals surface area contributed by atoms with E-state index in [2.05, 4.69) is 37.9 Å². The summed E-state index contributed by atoms with van der Waals surface area (Å²) >= 11 is 0. The van der Waals surface area contributed by atoms with Crippen LogP contribution < -0.4 is 5.32 Å². The molecule has 0 saturated heterocycles. The predicted molar refractivity (Wildman–Crippen MR) is 71.8 cm³/mol. The van der Waals surface area contributed by atoms with Crippen LogP contribution in [0.15, 0.2) is 0 Å². The molecule has 0 aromatic carbocycles. The molecule has 2 nitrogen and oxygen atoms in total. The van der Waals surface area contributed by atoms with E-state index >= 15 is 0 Å². The topological polar surface area (TPSA) is 15.3 Å². The van der Waals surface area contributed by atoms with Gasteiger partial charge in [-0.15, -0.1) is 0 Å². The van der Waals surface area contributed by atoms with Crippen molar-refractivity contribution >= 4 is 0 Å². The molecule has 2 heteroatoms. The Morgan fingerprint density at radius 3 is 2.31 bits per heavy atom. The van der Waals surface area contributed by atoms with Gasteiger partial charge in [0.1, 0.15) is 0 Å². The highest BCUT2D eigenvalue weighted by molar-refractivity contribution is 4.88. The second-order valence-corrected chi connectivity index (χ2v) is 5.56. The zero-order valence-corrected chi connectivity index (χ0v) is 11.6. The molecular formula is C14H30N2. The summed E-state index contributed by atoms with van der Waals surface area (Å²) in [6.45, 7) is 12.7. The molecule has 1 aliphatic carbocycles. The molecule has 1 atom stereocenters. The summed E-state index contributed by atoms with van der Waals surface area (Å²) in [6.07, 6.45) is 5.50. The Morgan fingerprint density at radius 2 is 1.88 bits per heavy atom. The quantitative estimate of drug-likeness (QED) is 0.650. The fourth-order valence-electron chi connectivity index (χ4n) is 2.48. The maximum absolute atomic E-state index is 3.63. The van der Waals surface area contributed by atoms with Crippen LogP contribution in [-0.2, 0) is 0 Å². The van der Waals surface area contributed by atoms with Gasteiger partial charge in [-0.25, -0.2) is 0 Å². The first-order valence-corrected chi connectivity index (χ1v) is 7.15. The number of nitrogens with zero attached hydrogens (tertiary/aromatic N) is 1. The predicted octanol–water partition coefficient (Wildman–Crippen LogP) is 2.89. The SMILES string of the molecule is CCCC(CNCC(C)C)N(CC)C1CC1. The van der Waals surface area contributed by atoms with Crippen LogP contribution in [0.3, 0.4) is 0 Å². The summed E-state index contributed by atoms with van der Waals surface area (Å²) in [6, 6.07) is 1.67. The molecule has 1 aliphatic rings. The van der Waals surface area contributed by atoms with Gasteiger partial charge in [0, 0.05) is 18.6 Å². The third-order valence-corrected chi connectivity index (χ3v) is 3.40. The average Bonchev–Trinajstić information content (AvgIpc) is 3.02. The summed E-state index contributed by atoms with van der Waals surface area (Å²) in [4.78, 5) is 2.72. The van der Waals surface area contributed by atoms with Crippen LogP contribution >= 0.6 is 0 Å². The van der Waals surface area contributed by atoms with E-state index in [1.807, 2.05) is 0 Å². The monoisotopic (exact) mass is 226 g/mol. The molecule has 0 amide bonds. The molecule has 1 saturated carbocycles. The molecule has 0 aromatic rings. The van der Waals surface area contributed by atoms with Crippen molar-refractivity contribution in [3.05, 3.63) is 0 Å². The Morgan fingerprint density at radius 1 is 1.19 bits per heavy atom. The van der Waals surface area contributed by atoms with Crippen molar-refractivity contribution in [1.29, 1.82) is 0 Å². The Hall–Kier alpha value is -0.0800. The highest BCUT2D eigenvalue weighted by Gasteiger charge is 2.32. The summed E-state index contributed by atoms with van der Waals surface area (Å²) in [5.74, 6) is 0.762. The van der Waals surface area contributed by atoms with Crippen LogP contribution in [0.2, 0.25) is 0 Å². The van der Waals surface area contributed by atoms with Gasteiger partial charge in [0.2, 0.25) is 0 Å². The van der Waals surface area contributed by atoms with E-state index in [4.69, 9.17) is 0 Å². The van der Waals surface area contributed by atoms with Crippen LogP contribution in [0.25, 0.3) is 0 Å². The summed E-state index contributed by atoms with van der Waals surface area (Å²) in [7, 11) is 0. The largest absolute Gasteiger partial charge is 0.315 e. The molecule has 0 heterocycles. The third-order valence-electron chi connectivity index (χ3n) is 3.40. The number of rotatable bonds is 9.